The van der Waals surface area contributed by atoms with Crippen LogP contribution in [0.25, 0.3) is 10.2 Å². The third-order valence-corrected chi connectivity index (χ3v) is 5.13. The van der Waals surface area contributed by atoms with Gasteiger partial charge < -0.3 is 4.74 Å². The number of fused-ring (bicyclic) bond motifs is 1. The summed E-state index contributed by atoms with van der Waals surface area (Å²) in [6.07, 6.45) is 0. The zero-order chi connectivity index (χ0) is 14.0. The highest BCUT2D eigenvalue weighted by Crippen LogP contribution is 2.27. The van der Waals surface area contributed by atoms with Crippen LogP contribution in [0.15, 0.2) is 9.95 Å². The Kier molecular flexibility index (Phi) is 4.65. The Balaban J connectivity index is 2.36. The van der Waals surface area contributed by atoms with Crippen LogP contribution in [0.3, 0.4) is 0 Å². The van der Waals surface area contributed by atoms with Crippen molar-refractivity contribution in [3.05, 3.63) is 20.8 Å². The SMILES string of the molecule is CCOCCSc1nc2sc(C)c(C)c2c(=O)n1C. The number of aryl methyl sites for hydroxylation is 2. The molecule has 6 heteroatoms. The molecule has 0 radical (unpaired) electrons. The molecule has 19 heavy (non-hydrogen) atoms. The van der Waals surface area contributed by atoms with Crippen LogP contribution in [0, 0.1) is 13.8 Å². The molecule has 0 aliphatic rings. The minimum Gasteiger partial charge on any atom is -0.381 e. The van der Waals surface area contributed by atoms with E-state index >= 15 is 0 Å². The average molecular weight is 298 g/mol. The van der Waals surface area contributed by atoms with Gasteiger partial charge >= 0.3 is 0 Å². The fraction of sp³-hybridized carbons (Fsp3) is 0.538. The standard InChI is InChI=1S/C13H18N2O2S2/c1-5-17-6-7-18-13-14-11-10(12(16)15(13)4)8(2)9(3)19-11/h5-7H2,1-4H3. The third kappa shape index (κ3) is 2.85. The molecule has 0 saturated carbocycles. The molecule has 0 aromatic carbocycles. The Hall–Kier alpha value is -0.850. The molecule has 0 bridgehead atoms. The van der Waals surface area contributed by atoms with Crippen molar-refractivity contribution < 1.29 is 4.74 Å². The lowest BCUT2D eigenvalue weighted by Gasteiger charge is -2.07. The van der Waals surface area contributed by atoms with E-state index < -0.39 is 0 Å². The van der Waals surface area contributed by atoms with Gasteiger partial charge in [-0.3, -0.25) is 9.36 Å². The first-order chi connectivity index (χ1) is 9.06. The van der Waals surface area contributed by atoms with Crippen LogP contribution in [0.2, 0.25) is 0 Å². The van der Waals surface area contributed by atoms with E-state index in [2.05, 4.69) is 4.98 Å². The van der Waals surface area contributed by atoms with Crippen LogP contribution in [0.4, 0.5) is 0 Å². The first kappa shape index (κ1) is 14.6. The van der Waals surface area contributed by atoms with E-state index in [0.29, 0.717) is 6.61 Å². The lowest BCUT2D eigenvalue weighted by molar-refractivity contribution is 0.164. The molecule has 4 nitrogen and oxygen atoms in total. The summed E-state index contributed by atoms with van der Waals surface area (Å²) in [4.78, 5) is 19.0. The first-order valence-electron chi connectivity index (χ1n) is 6.23. The molecule has 0 aliphatic heterocycles. The van der Waals surface area contributed by atoms with Crippen LogP contribution in [0.5, 0.6) is 0 Å². The van der Waals surface area contributed by atoms with Gasteiger partial charge in [-0.25, -0.2) is 4.98 Å². The molecule has 2 aromatic rings. The minimum absolute atomic E-state index is 0.0470. The van der Waals surface area contributed by atoms with Crippen molar-refractivity contribution in [2.45, 2.75) is 25.9 Å². The number of hydrogen-bond acceptors (Lipinski definition) is 5. The van der Waals surface area contributed by atoms with Crippen LogP contribution >= 0.6 is 23.1 Å². The molecular weight excluding hydrogens is 280 g/mol. The Morgan fingerprint density at radius 1 is 1.42 bits per heavy atom. The molecular formula is C13H18N2O2S2. The molecule has 0 amide bonds. The number of ether oxygens (including phenoxy) is 1. The molecule has 2 aromatic heterocycles. The van der Waals surface area contributed by atoms with Crippen molar-refractivity contribution in [1.29, 1.82) is 0 Å². The normalized spacial score (nSPS) is 11.4. The van der Waals surface area contributed by atoms with Gasteiger partial charge in [0.15, 0.2) is 5.16 Å². The maximum Gasteiger partial charge on any atom is 0.262 e. The number of thioether (sulfide) groups is 1. The summed E-state index contributed by atoms with van der Waals surface area (Å²) < 4.78 is 6.94. The molecule has 0 unspecified atom stereocenters. The molecule has 104 valence electrons. The Morgan fingerprint density at radius 3 is 2.84 bits per heavy atom. The minimum atomic E-state index is 0.0470. The molecule has 0 fully saturated rings. The van der Waals surface area contributed by atoms with E-state index in [4.69, 9.17) is 4.74 Å². The van der Waals surface area contributed by atoms with E-state index in [1.807, 2.05) is 20.8 Å². The van der Waals surface area contributed by atoms with E-state index in [1.54, 1.807) is 34.7 Å². The quantitative estimate of drug-likeness (QED) is 0.484. The lowest BCUT2D eigenvalue weighted by Crippen LogP contribution is -2.20. The maximum absolute atomic E-state index is 12.4. The third-order valence-electron chi connectivity index (χ3n) is 3.03. The van der Waals surface area contributed by atoms with Gasteiger partial charge in [-0.2, -0.15) is 0 Å². The smallest absolute Gasteiger partial charge is 0.262 e. The summed E-state index contributed by atoms with van der Waals surface area (Å²) in [5.41, 5.74) is 1.10. The maximum atomic E-state index is 12.4. The van der Waals surface area contributed by atoms with Crippen LogP contribution in [-0.2, 0) is 11.8 Å². The molecule has 0 saturated heterocycles. The zero-order valence-corrected chi connectivity index (χ0v) is 13.3. The highest BCUT2D eigenvalue weighted by molar-refractivity contribution is 7.99. The fourth-order valence-electron chi connectivity index (χ4n) is 1.82. The average Bonchev–Trinajstić information content (AvgIpc) is 2.66. The predicted octanol–water partition coefficient (Wildman–Crippen LogP) is 2.74. The molecule has 0 N–H and O–H groups in total. The second kappa shape index (κ2) is 6.07. The zero-order valence-electron chi connectivity index (χ0n) is 11.6. The van der Waals surface area contributed by atoms with Gasteiger partial charge in [0.2, 0.25) is 0 Å². The lowest BCUT2D eigenvalue weighted by atomic mass is 10.2. The van der Waals surface area contributed by atoms with Gasteiger partial charge in [-0.1, -0.05) is 11.8 Å². The van der Waals surface area contributed by atoms with Crippen molar-refractivity contribution in [3.63, 3.8) is 0 Å². The van der Waals surface area contributed by atoms with Crippen molar-refractivity contribution in [2.24, 2.45) is 7.05 Å². The topological polar surface area (TPSA) is 44.1 Å². The Labute approximate surface area is 120 Å². The number of rotatable bonds is 5. The highest BCUT2D eigenvalue weighted by Gasteiger charge is 2.14. The van der Waals surface area contributed by atoms with Crippen molar-refractivity contribution in [3.8, 4) is 0 Å². The largest absolute Gasteiger partial charge is 0.381 e. The second-order valence-electron chi connectivity index (χ2n) is 4.27. The van der Waals surface area contributed by atoms with Gasteiger partial charge in [-0.05, 0) is 26.3 Å². The van der Waals surface area contributed by atoms with Gasteiger partial charge in [0.1, 0.15) is 4.83 Å². The number of aromatic nitrogens is 2. The predicted molar refractivity (Wildman–Crippen MR) is 81.6 cm³/mol. The first-order valence-corrected chi connectivity index (χ1v) is 8.03. The summed E-state index contributed by atoms with van der Waals surface area (Å²) in [6, 6.07) is 0. The van der Waals surface area contributed by atoms with Gasteiger partial charge in [0, 0.05) is 24.3 Å². The van der Waals surface area contributed by atoms with E-state index in [0.717, 1.165) is 38.2 Å². The number of hydrogen-bond donors (Lipinski definition) is 0. The van der Waals surface area contributed by atoms with Gasteiger partial charge in [-0.15, -0.1) is 11.3 Å². The molecule has 2 rings (SSSR count). The molecule has 2 heterocycles. The van der Waals surface area contributed by atoms with E-state index in [-0.39, 0.29) is 5.56 Å². The highest BCUT2D eigenvalue weighted by atomic mass is 32.2. The van der Waals surface area contributed by atoms with E-state index in [1.165, 1.54) is 0 Å². The number of thiophene rings is 1. The Morgan fingerprint density at radius 2 is 2.16 bits per heavy atom. The molecule has 0 atom stereocenters. The van der Waals surface area contributed by atoms with Crippen LogP contribution in [-0.4, -0.2) is 28.5 Å². The summed E-state index contributed by atoms with van der Waals surface area (Å²) in [5.74, 6) is 0.808. The van der Waals surface area contributed by atoms with Crippen molar-refractivity contribution in [2.75, 3.05) is 19.0 Å². The monoisotopic (exact) mass is 298 g/mol. The second-order valence-corrected chi connectivity index (χ2v) is 6.53. The fourth-order valence-corrected chi connectivity index (χ4v) is 3.72. The number of nitrogens with zero attached hydrogens (tertiary/aromatic N) is 2. The van der Waals surface area contributed by atoms with Crippen LogP contribution < -0.4 is 5.56 Å². The van der Waals surface area contributed by atoms with Crippen LogP contribution in [0.1, 0.15) is 17.4 Å². The van der Waals surface area contributed by atoms with Gasteiger partial charge in [0.05, 0.1) is 12.0 Å². The Bertz CT molecular complexity index is 646. The van der Waals surface area contributed by atoms with E-state index in [9.17, 15) is 4.79 Å². The molecule has 0 spiro atoms. The van der Waals surface area contributed by atoms with Crippen molar-refractivity contribution >= 4 is 33.3 Å². The van der Waals surface area contributed by atoms with Crippen molar-refractivity contribution in [1.82, 2.24) is 9.55 Å². The summed E-state index contributed by atoms with van der Waals surface area (Å²) in [5, 5.41) is 1.53. The summed E-state index contributed by atoms with van der Waals surface area (Å²) in [7, 11) is 1.78. The van der Waals surface area contributed by atoms with Gasteiger partial charge in [0.25, 0.3) is 5.56 Å². The molecule has 0 aliphatic carbocycles. The summed E-state index contributed by atoms with van der Waals surface area (Å²) >= 11 is 3.16. The summed E-state index contributed by atoms with van der Waals surface area (Å²) in [6.45, 7) is 7.39.